The Hall–Kier alpha value is -1.23. The first kappa shape index (κ1) is 26.0. The zero-order valence-corrected chi connectivity index (χ0v) is 21.7. The minimum Gasteiger partial charge on any atom is -0.385 e. The van der Waals surface area contributed by atoms with Crippen molar-refractivity contribution in [3.63, 3.8) is 0 Å². The van der Waals surface area contributed by atoms with Crippen LogP contribution in [0, 0.1) is 0 Å². The molecule has 6 nitrogen and oxygen atoms in total. The number of aliphatic imine (C=N–C) groups is 1. The van der Waals surface area contributed by atoms with Gasteiger partial charge in [-0.3, -0.25) is 4.99 Å². The highest BCUT2D eigenvalue weighted by Gasteiger charge is 2.21. The Bertz CT molecular complexity index is 764. The number of aromatic nitrogens is 1. The molecule has 1 aliphatic rings. The van der Waals surface area contributed by atoms with E-state index in [9.17, 15) is 0 Å². The first-order chi connectivity index (χ1) is 14.8. The van der Waals surface area contributed by atoms with Gasteiger partial charge < -0.3 is 19.7 Å². The maximum absolute atomic E-state index is 5.96. The molecule has 1 aromatic heterocycles. The predicted molar refractivity (Wildman–Crippen MR) is 139 cm³/mol. The summed E-state index contributed by atoms with van der Waals surface area (Å²) in [4.78, 5) is 11.6. The number of likely N-dealkylation sites (tertiary alicyclic amines) is 1. The van der Waals surface area contributed by atoms with Gasteiger partial charge in [-0.15, -0.1) is 35.3 Å². The molecule has 1 aromatic carbocycles. The Morgan fingerprint density at radius 3 is 2.68 bits per heavy atom. The molecule has 0 bridgehead atoms. The minimum absolute atomic E-state index is 0. The Balaban J connectivity index is 0.00000341. The molecule has 0 saturated carbocycles. The molecule has 0 unspecified atom stereocenters. The van der Waals surface area contributed by atoms with Crippen molar-refractivity contribution in [2.45, 2.75) is 44.8 Å². The van der Waals surface area contributed by atoms with E-state index in [1.54, 1.807) is 18.4 Å². The van der Waals surface area contributed by atoms with Gasteiger partial charge in [-0.1, -0.05) is 30.3 Å². The van der Waals surface area contributed by atoms with Gasteiger partial charge >= 0.3 is 0 Å². The average Bonchev–Trinajstić information content (AvgIpc) is 3.25. The molecule has 3 rings (SSSR count). The molecule has 0 aliphatic carbocycles. The van der Waals surface area contributed by atoms with E-state index < -0.39 is 0 Å². The van der Waals surface area contributed by atoms with Gasteiger partial charge in [0.1, 0.15) is 0 Å². The van der Waals surface area contributed by atoms with Crippen LogP contribution >= 0.6 is 35.3 Å². The summed E-state index contributed by atoms with van der Waals surface area (Å²) in [6, 6.07) is 10.6. The molecule has 0 amide bonds. The fraction of sp³-hybridized carbons (Fsp3) is 0.565. The summed E-state index contributed by atoms with van der Waals surface area (Å²) in [6.07, 6.45) is 5.40. The number of nitrogens with one attached hydrogen (secondary N) is 1. The second kappa shape index (κ2) is 14.8. The number of aryl methyl sites for hydroxylation is 2. The molecule has 0 radical (unpaired) electrons. The molecule has 0 spiro atoms. The van der Waals surface area contributed by atoms with E-state index in [1.165, 1.54) is 10.6 Å². The van der Waals surface area contributed by atoms with Gasteiger partial charge in [-0.05, 0) is 31.2 Å². The lowest BCUT2D eigenvalue weighted by molar-refractivity contribution is 0.00989. The fourth-order valence-electron chi connectivity index (χ4n) is 3.63. The summed E-state index contributed by atoms with van der Waals surface area (Å²) in [5.41, 5.74) is 2.44. The SMILES string of the molecule is CN=C(NCc1csc(CCc2ccccc2)n1)N1CCC(OCCCOC)CC1.I. The van der Waals surface area contributed by atoms with Crippen LogP contribution in [0.25, 0.3) is 0 Å². The van der Waals surface area contributed by atoms with E-state index in [4.69, 9.17) is 14.5 Å². The molecule has 1 fully saturated rings. The van der Waals surface area contributed by atoms with Crippen LogP contribution in [0.3, 0.4) is 0 Å². The summed E-state index contributed by atoms with van der Waals surface area (Å²) in [6.45, 7) is 4.19. The van der Waals surface area contributed by atoms with E-state index in [0.29, 0.717) is 12.6 Å². The summed E-state index contributed by atoms with van der Waals surface area (Å²) in [7, 11) is 3.58. The number of halogens is 1. The van der Waals surface area contributed by atoms with Crippen LogP contribution in [0.1, 0.15) is 35.5 Å². The van der Waals surface area contributed by atoms with E-state index in [0.717, 1.165) is 70.1 Å². The maximum Gasteiger partial charge on any atom is 0.193 e. The maximum atomic E-state index is 5.96. The van der Waals surface area contributed by atoms with Gasteiger partial charge in [0.05, 0.1) is 23.4 Å². The average molecular weight is 559 g/mol. The standard InChI is InChI=1S/C23H34N4O2S.HI/c1-24-23(27-13-11-21(12-14-27)29-16-6-15-28-2)25-17-20-18-30-22(26-20)10-9-19-7-4-3-5-8-19;/h3-5,7-8,18,21H,6,9-17H2,1-2H3,(H,24,25);1H. The van der Waals surface area contributed by atoms with Crippen LogP contribution in [-0.4, -0.2) is 62.4 Å². The highest BCUT2D eigenvalue weighted by atomic mass is 127. The van der Waals surface area contributed by atoms with Crippen molar-refractivity contribution >= 4 is 41.3 Å². The zero-order valence-electron chi connectivity index (χ0n) is 18.6. The van der Waals surface area contributed by atoms with Crippen LogP contribution in [0.15, 0.2) is 40.7 Å². The largest absolute Gasteiger partial charge is 0.385 e. The van der Waals surface area contributed by atoms with Crippen molar-refractivity contribution in [3.05, 3.63) is 52.0 Å². The van der Waals surface area contributed by atoms with Gasteiger partial charge in [-0.25, -0.2) is 4.98 Å². The fourth-order valence-corrected chi connectivity index (χ4v) is 4.43. The Kier molecular flexibility index (Phi) is 12.4. The molecule has 2 aromatic rings. The second-order valence-electron chi connectivity index (χ2n) is 7.52. The number of ether oxygens (including phenoxy) is 2. The van der Waals surface area contributed by atoms with Crippen molar-refractivity contribution in [2.24, 2.45) is 4.99 Å². The second-order valence-corrected chi connectivity index (χ2v) is 8.47. The molecule has 0 atom stereocenters. The molecule has 8 heteroatoms. The number of hydrogen-bond donors (Lipinski definition) is 1. The number of piperidine rings is 1. The Labute approximate surface area is 207 Å². The lowest BCUT2D eigenvalue weighted by Gasteiger charge is -2.34. The highest BCUT2D eigenvalue weighted by molar-refractivity contribution is 14.0. The first-order valence-corrected chi connectivity index (χ1v) is 11.7. The lowest BCUT2D eigenvalue weighted by atomic mass is 10.1. The van der Waals surface area contributed by atoms with Gasteiger partial charge in [0.25, 0.3) is 0 Å². The number of rotatable bonds is 10. The van der Waals surface area contributed by atoms with E-state index in [2.05, 4.69) is 50.9 Å². The van der Waals surface area contributed by atoms with Crippen LogP contribution in [0.5, 0.6) is 0 Å². The smallest absolute Gasteiger partial charge is 0.193 e. The number of methoxy groups -OCH3 is 1. The third-order valence-corrected chi connectivity index (χ3v) is 6.25. The summed E-state index contributed by atoms with van der Waals surface area (Å²) < 4.78 is 11.0. The monoisotopic (exact) mass is 558 g/mol. The summed E-state index contributed by atoms with van der Waals surface area (Å²) in [5, 5.41) is 6.83. The molecule has 1 aliphatic heterocycles. The third-order valence-electron chi connectivity index (χ3n) is 5.30. The van der Waals surface area contributed by atoms with Gasteiger partial charge in [0.15, 0.2) is 5.96 Å². The number of hydrogen-bond acceptors (Lipinski definition) is 5. The predicted octanol–water partition coefficient (Wildman–Crippen LogP) is 4.14. The normalized spacial score (nSPS) is 15.0. The molecular formula is C23H35IN4O2S. The topological polar surface area (TPSA) is 59.0 Å². The van der Waals surface area contributed by atoms with Gasteiger partial charge in [0.2, 0.25) is 0 Å². The summed E-state index contributed by atoms with van der Waals surface area (Å²) in [5.74, 6) is 0.951. The van der Waals surface area contributed by atoms with Crippen LogP contribution in [0.4, 0.5) is 0 Å². The van der Waals surface area contributed by atoms with Crippen molar-refractivity contribution in [1.29, 1.82) is 0 Å². The molecule has 2 heterocycles. The van der Waals surface area contributed by atoms with E-state index in [1.807, 2.05) is 7.05 Å². The van der Waals surface area contributed by atoms with Crippen LogP contribution in [-0.2, 0) is 28.9 Å². The Morgan fingerprint density at radius 2 is 1.97 bits per heavy atom. The molecule has 31 heavy (non-hydrogen) atoms. The number of benzene rings is 1. The van der Waals surface area contributed by atoms with E-state index >= 15 is 0 Å². The van der Waals surface area contributed by atoms with Gasteiger partial charge in [-0.2, -0.15) is 0 Å². The van der Waals surface area contributed by atoms with Crippen molar-refractivity contribution in [3.8, 4) is 0 Å². The number of guanidine groups is 1. The number of nitrogens with zero attached hydrogens (tertiary/aromatic N) is 3. The molecular weight excluding hydrogens is 523 g/mol. The van der Waals surface area contributed by atoms with Crippen molar-refractivity contribution < 1.29 is 9.47 Å². The van der Waals surface area contributed by atoms with Crippen molar-refractivity contribution in [2.75, 3.05) is 40.5 Å². The molecule has 172 valence electrons. The van der Waals surface area contributed by atoms with Gasteiger partial charge in [0, 0.05) is 52.3 Å². The molecule has 1 saturated heterocycles. The first-order valence-electron chi connectivity index (χ1n) is 10.8. The molecule has 1 N–H and O–H groups in total. The van der Waals surface area contributed by atoms with Crippen LogP contribution < -0.4 is 5.32 Å². The lowest BCUT2D eigenvalue weighted by Crippen LogP contribution is -2.46. The zero-order chi connectivity index (χ0) is 21.0. The van der Waals surface area contributed by atoms with Crippen molar-refractivity contribution in [1.82, 2.24) is 15.2 Å². The minimum atomic E-state index is 0. The van der Waals surface area contributed by atoms with Crippen LogP contribution in [0.2, 0.25) is 0 Å². The third kappa shape index (κ3) is 9.03. The quantitative estimate of drug-likeness (QED) is 0.206. The summed E-state index contributed by atoms with van der Waals surface area (Å²) >= 11 is 1.74. The Morgan fingerprint density at radius 1 is 1.19 bits per heavy atom. The highest BCUT2D eigenvalue weighted by Crippen LogP contribution is 2.16. The number of thiazole rings is 1. The van der Waals surface area contributed by atoms with E-state index in [-0.39, 0.29) is 24.0 Å².